The number of imidazole rings is 1. The van der Waals surface area contributed by atoms with Crippen molar-refractivity contribution in [3.63, 3.8) is 0 Å². The first kappa shape index (κ1) is 21.0. The Morgan fingerprint density at radius 2 is 1.89 bits per heavy atom. The van der Waals surface area contributed by atoms with E-state index in [-0.39, 0.29) is 22.1 Å². The molecule has 0 saturated heterocycles. The summed E-state index contributed by atoms with van der Waals surface area (Å²) in [5.41, 5.74) is 3.43. The van der Waals surface area contributed by atoms with E-state index in [1.807, 2.05) is 6.92 Å². The van der Waals surface area contributed by atoms with Crippen molar-refractivity contribution in [1.82, 2.24) is 20.2 Å². The number of nitrogens with one attached hydrogen (secondary N) is 3. The third kappa shape index (κ3) is 5.13. The van der Waals surface area contributed by atoms with Crippen LogP contribution < -0.4 is 10.3 Å². The van der Waals surface area contributed by atoms with Crippen molar-refractivity contribution in [3.05, 3.63) is 54.1 Å². The smallest absolute Gasteiger partial charge is 0.257 e. The van der Waals surface area contributed by atoms with Crippen LogP contribution in [0.5, 0.6) is 0 Å². The highest BCUT2D eigenvalue weighted by atomic mass is 32.2. The minimum atomic E-state index is -3.83. The van der Waals surface area contributed by atoms with Crippen LogP contribution in [0.1, 0.15) is 23.2 Å². The highest BCUT2D eigenvalue weighted by Crippen LogP contribution is 2.18. The SMILES string of the molecule is C=C(NNS(=O)(=O)c1ccc(C)cc1)c1ncc(C(O)C(O)C(O)CO)[nH]1. The molecule has 0 fully saturated rings. The second-order valence-corrected chi connectivity index (χ2v) is 7.58. The number of aromatic nitrogens is 2. The van der Waals surface area contributed by atoms with Gasteiger partial charge in [0.1, 0.15) is 18.3 Å². The van der Waals surface area contributed by atoms with E-state index in [9.17, 15) is 23.7 Å². The fourth-order valence-corrected chi connectivity index (χ4v) is 2.98. The summed E-state index contributed by atoms with van der Waals surface area (Å²) >= 11 is 0. The molecule has 148 valence electrons. The lowest BCUT2D eigenvalue weighted by atomic mass is 10.1. The van der Waals surface area contributed by atoms with E-state index < -0.39 is 34.9 Å². The van der Waals surface area contributed by atoms with Crippen LogP contribution in [-0.4, -0.2) is 57.6 Å². The third-order valence-corrected chi connectivity index (χ3v) is 5.04. The molecular weight excluding hydrogens is 376 g/mol. The summed E-state index contributed by atoms with van der Waals surface area (Å²) in [4.78, 5) is 8.79. The summed E-state index contributed by atoms with van der Waals surface area (Å²) in [6.45, 7) is 4.75. The minimum absolute atomic E-state index is 0.0503. The number of nitrogens with zero attached hydrogens (tertiary/aromatic N) is 1. The first-order chi connectivity index (χ1) is 12.7. The highest BCUT2D eigenvalue weighted by Gasteiger charge is 2.27. The molecule has 10 nitrogen and oxygen atoms in total. The molecule has 0 bridgehead atoms. The van der Waals surface area contributed by atoms with Crippen molar-refractivity contribution in [1.29, 1.82) is 0 Å². The van der Waals surface area contributed by atoms with Crippen LogP contribution in [0.2, 0.25) is 0 Å². The van der Waals surface area contributed by atoms with Crippen LogP contribution in [0.3, 0.4) is 0 Å². The lowest BCUT2D eigenvalue weighted by Crippen LogP contribution is -2.36. The summed E-state index contributed by atoms with van der Waals surface area (Å²) < 4.78 is 24.4. The Hall–Kier alpha value is -2.28. The standard InChI is InChI=1S/C16H22N4O6S/c1-9-3-5-11(6-4-9)27(25,26)20-19-10(2)16-17-7-12(18-16)14(23)15(24)13(22)8-21/h3-7,13-15,19-24H,2,8H2,1H3,(H,17,18). The molecule has 1 aromatic heterocycles. The molecule has 0 aliphatic heterocycles. The number of hydrogen-bond donors (Lipinski definition) is 7. The molecule has 0 radical (unpaired) electrons. The minimum Gasteiger partial charge on any atom is -0.394 e. The summed E-state index contributed by atoms with van der Waals surface area (Å²) in [5, 5.41) is 37.9. The van der Waals surface area contributed by atoms with Crippen LogP contribution in [0.15, 0.2) is 41.9 Å². The average Bonchev–Trinajstić information content (AvgIpc) is 3.15. The number of benzene rings is 1. The number of aliphatic hydroxyl groups is 4. The maximum atomic E-state index is 12.2. The van der Waals surface area contributed by atoms with Gasteiger partial charge in [-0.25, -0.2) is 13.4 Å². The average molecular weight is 398 g/mol. The number of aliphatic hydroxyl groups excluding tert-OH is 4. The van der Waals surface area contributed by atoms with Gasteiger partial charge in [0.25, 0.3) is 10.0 Å². The van der Waals surface area contributed by atoms with E-state index in [0.29, 0.717) is 0 Å². The van der Waals surface area contributed by atoms with Gasteiger partial charge in [0.05, 0.1) is 29.1 Å². The van der Waals surface area contributed by atoms with Gasteiger partial charge >= 0.3 is 0 Å². The third-order valence-electron chi connectivity index (χ3n) is 3.77. The first-order valence-corrected chi connectivity index (χ1v) is 9.37. The van der Waals surface area contributed by atoms with E-state index in [1.165, 1.54) is 18.3 Å². The van der Waals surface area contributed by atoms with Gasteiger partial charge in [0.2, 0.25) is 0 Å². The quantitative estimate of drug-likeness (QED) is 0.262. The molecule has 7 N–H and O–H groups in total. The van der Waals surface area contributed by atoms with Gasteiger partial charge < -0.3 is 30.8 Å². The summed E-state index contributed by atoms with van der Waals surface area (Å²) in [6, 6.07) is 6.24. The normalized spacial score (nSPS) is 15.1. The van der Waals surface area contributed by atoms with Crippen LogP contribution in [0.25, 0.3) is 5.70 Å². The van der Waals surface area contributed by atoms with E-state index in [4.69, 9.17) is 5.11 Å². The van der Waals surface area contributed by atoms with E-state index in [1.54, 1.807) is 12.1 Å². The Labute approximate surface area is 156 Å². The Kier molecular flexibility index (Phi) is 6.70. The predicted octanol–water partition coefficient (Wildman–Crippen LogP) is -1.08. The van der Waals surface area contributed by atoms with Crippen molar-refractivity contribution in [2.45, 2.75) is 30.1 Å². The van der Waals surface area contributed by atoms with Gasteiger partial charge in [0, 0.05) is 0 Å². The summed E-state index contributed by atoms with van der Waals surface area (Å²) in [5.74, 6) is 0.0985. The number of aryl methyl sites for hydroxylation is 1. The molecule has 1 heterocycles. The monoisotopic (exact) mass is 398 g/mol. The van der Waals surface area contributed by atoms with Gasteiger partial charge in [-0.05, 0) is 19.1 Å². The maximum Gasteiger partial charge on any atom is 0.257 e. The number of hydrazine groups is 1. The molecule has 0 aliphatic carbocycles. The molecule has 3 atom stereocenters. The van der Waals surface area contributed by atoms with Crippen molar-refractivity contribution in [2.75, 3.05) is 6.61 Å². The zero-order valence-electron chi connectivity index (χ0n) is 14.5. The number of hydrogen-bond acceptors (Lipinski definition) is 8. The van der Waals surface area contributed by atoms with Gasteiger partial charge in [-0.1, -0.05) is 24.3 Å². The van der Waals surface area contributed by atoms with Crippen molar-refractivity contribution in [2.24, 2.45) is 0 Å². The lowest BCUT2D eigenvalue weighted by Gasteiger charge is -2.20. The van der Waals surface area contributed by atoms with Crippen LogP contribution in [0, 0.1) is 6.92 Å². The van der Waals surface area contributed by atoms with Gasteiger partial charge in [-0.3, -0.25) is 0 Å². The topological polar surface area (TPSA) is 168 Å². The molecule has 27 heavy (non-hydrogen) atoms. The Bertz CT molecular complexity index is 881. The summed E-state index contributed by atoms with van der Waals surface area (Å²) in [6.07, 6.45) is -3.52. The number of sulfonamides is 1. The molecule has 0 aliphatic rings. The van der Waals surface area contributed by atoms with Crippen LogP contribution >= 0.6 is 0 Å². The van der Waals surface area contributed by atoms with E-state index >= 15 is 0 Å². The van der Waals surface area contributed by atoms with Crippen LogP contribution in [-0.2, 0) is 10.0 Å². The molecule has 0 saturated carbocycles. The zero-order chi connectivity index (χ0) is 20.2. The Morgan fingerprint density at radius 3 is 2.48 bits per heavy atom. The lowest BCUT2D eigenvalue weighted by molar-refractivity contribution is -0.0788. The molecule has 2 rings (SSSR count). The molecular formula is C16H22N4O6S. The largest absolute Gasteiger partial charge is 0.394 e. The molecule has 3 unspecified atom stereocenters. The van der Waals surface area contributed by atoms with Gasteiger partial charge in [-0.2, -0.15) is 0 Å². The molecule has 0 spiro atoms. The fourth-order valence-electron chi connectivity index (χ4n) is 2.11. The van der Waals surface area contributed by atoms with Crippen molar-refractivity contribution in [3.8, 4) is 0 Å². The molecule has 0 amide bonds. The summed E-state index contributed by atoms with van der Waals surface area (Å²) in [7, 11) is -3.83. The molecule has 1 aromatic carbocycles. The second-order valence-electron chi connectivity index (χ2n) is 5.89. The predicted molar refractivity (Wildman–Crippen MR) is 96.3 cm³/mol. The Balaban J connectivity index is 2.03. The molecule has 2 aromatic rings. The maximum absolute atomic E-state index is 12.2. The second kappa shape index (κ2) is 8.61. The Morgan fingerprint density at radius 1 is 1.26 bits per heavy atom. The van der Waals surface area contributed by atoms with Crippen molar-refractivity contribution >= 4 is 15.7 Å². The number of H-pyrrole nitrogens is 1. The van der Waals surface area contributed by atoms with Crippen molar-refractivity contribution < 1.29 is 28.8 Å². The van der Waals surface area contributed by atoms with Gasteiger partial charge in [-0.15, -0.1) is 4.83 Å². The van der Waals surface area contributed by atoms with E-state index in [0.717, 1.165) is 5.56 Å². The number of aromatic amines is 1. The van der Waals surface area contributed by atoms with Crippen LogP contribution in [0.4, 0.5) is 0 Å². The van der Waals surface area contributed by atoms with Gasteiger partial charge in [0.15, 0.2) is 5.82 Å². The highest BCUT2D eigenvalue weighted by molar-refractivity contribution is 7.89. The first-order valence-electron chi connectivity index (χ1n) is 7.89. The van der Waals surface area contributed by atoms with E-state index in [2.05, 4.69) is 26.8 Å². The molecule has 11 heteroatoms. The number of rotatable bonds is 9. The zero-order valence-corrected chi connectivity index (χ0v) is 15.3. The fraction of sp³-hybridized carbons (Fsp3) is 0.312.